The van der Waals surface area contributed by atoms with Crippen LogP contribution in [0.2, 0.25) is 0 Å². The zero-order valence-corrected chi connectivity index (χ0v) is 11.0. The van der Waals surface area contributed by atoms with E-state index in [1.165, 1.54) is 23.8 Å². The quantitative estimate of drug-likeness (QED) is 0.592. The maximum absolute atomic E-state index is 11.9. The average Bonchev–Trinajstić information content (AvgIpc) is 2.69. The first-order valence-corrected chi connectivity index (χ1v) is 5.71. The number of hydrogen-bond donors (Lipinski definition) is 3. The van der Waals surface area contributed by atoms with E-state index in [4.69, 9.17) is 10.8 Å². The van der Waals surface area contributed by atoms with Gasteiger partial charge in [0.1, 0.15) is 11.7 Å². The number of aliphatic carboxylic acids is 1. The molecule has 0 unspecified atom stereocenters. The molecule has 0 aliphatic rings. The molecule has 0 bridgehead atoms. The molecule has 8 heteroatoms. The fourth-order valence-electron chi connectivity index (χ4n) is 1.62. The molecule has 1 rings (SSSR count). The first-order valence-electron chi connectivity index (χ1n) is 5.71. The van der Waals surface area contributed by atoms with Gasteiger partial charge in [0, 0.05) is 18.8 Å². The molecule has 20 heavy (non-hydrogen) atoms. The third kappa shape index (κ3) is 3.67. The zero-order chi connectivity index (χ0) is 15.4. The number of carbonyl (C=O) groups is 4. The second-order valence-corrected chi connectivity index (χ2v) is 4.32. The number of aryl methyl sites for hydroxylation is 1. The minimum atomic E-state index is -1.41. The number of amides is 2. The molecule has 1 aromatic heterocycles. The average molecular weight is 281 g/mol. The third-order valence-corrected chi connectivity index (χ3v) is 2.65. The molecule has 0 aliphatic carbocycles. The van der Waals surface area contributed by atoms with Crippen LogP contribution in [-0.2, 0) is 16.6 Å². The summed E-state index contributed by atoms with van der Waals surface area (Å²) in [5.41, 5.74) is 5.37. The van der Waals surface area contributed by atoms with Gasteiger partial charge in [-0.2, -0.15) is 0 Å². The number of hydrogen-bond acceptors (Lipinski definition) is 4. The lowest BCUT2D eigenvalue weighted by molar-refractivity contribution is -0.140. The molecule has 0 aliphatic heterocycles. The predicted molar refractivity (Wildman–Crippen MR) is 68.1 cm³/mol. The third-order valence-electron chi connectivity index (χ3n) is 2.65. The normalized spacial score (nSPS) is 11.7. The van der Waals surface area contributed by atoms with Crippen molar-refractivity contribution in [1.29, 1.82) is 0 Å². The van der Waals surface area contributed by atoms with E-state index in [1.807, 2.05) is 0 Å². The summed E-state index contributed by atoms with van der Waals surface area (Å²) in [6.45, 7) is 1.35. The Kier molecular flexibility index (Phi) is 4.63. The van der Waals surface area contributed by atoms with Crippen LogP contribution in [0.25, 0.3) is 0 Å². The summed E-state index contributed by atoms with van der Waals surface area (Å²) >= 11 is 0. The van der Waals surface area contributed by atoms with Gasteiger partial charge >= 0.3 is 5.97 Å². The van der Waals surface area contributed by atoms with E-state index >= 15 is 0 Å². The van der Waals surface area contributed by atoms with Gasteiger partial charge in [-0.05, 0) is 13.0 Å². The van der Waals surface area contributed by atoms with Crippen LogP contribution in [0.3, 0.4) is 0 Å². The van der Waals surface area contributed by atoms with Crippen molar-refractivity contribution < 1.29 is 24.3 Å². The van der Waals surface area contributed by atoms with Crippen LogP contribution in [0.4, 0.5) is 0 Å². The van der Waals surface area contributed by atoms with E-state index in [2.05, 4.69) is 5.32 Å². The van der Waals surface area contributed by atoms with Crippen LogP contribution in [-0.4, -0.2) is 39.3 Å². The van der Waals surface area contributed by atoms with E-state index in [-0.39, 0.29) is 11.5 Å². The SMILES string of the molecule is CC(=O)c1cc(C(=O)N[C@@H](CC(N)=O)C(=O)O)n(C)c1. The monoisotopic (exact) mass is 281 g/mol. The number of rotatable bonds is 6. The molecule has 0 spiro atoms. The Morgan fingerprint density at radius 2 is 2.00 bits per heavy atom. The minimum Gasteiger partial charge on any atom is -0.480 e. The second-order valence-electron chi connectivity index (χ2n) is 4.32. The van der Waals surface area contributed by atoms with Gasteiger partial charge < -0.3 is 20.7 Å². The van der Waals surface area contributed by atoms with Crippen molar-refractivity contribution in [2.45, 2.75) is 19.4 Å². The first-order chi connectivity index (χ1) is 9.22. The topological polar surface area (TPSA) is 131 Å². The number of carboxylic acids is 1. The van der Waals surface area contributed by atoms with Gasteiger partial charge in [-0.1, -0.05) is 0 Å². The van der Waals surface area contributed by atoms with Crippen LogP contribution in [0, 0.1) is 0 Å². The molecule has 2 amide bonds. The molecule has 4 N–H and O–H groups in total. The minimum absolute atomic E-state index is 0.117. The second kappa shape index (κ2) is 6.00. The highest BCUT2D eigenvalue weighted by Gasteiger charge is 2.24. The smallest absolute Gasteiger partial charge is 0.326 e. The van der Waals surface area contributed by atoms with Crippen molar-refractivity contribution in [2.75, 3.05) is 0 Å². The number of nitrogens with zero attached hydrogens (tertiary/aromatic N) is 1. The largest absolute Gasteiger partial charge is 0.480 e. The maximum atomic E-state index is 11.9. The lowest BCUT2D eigenvalue weighted by Gasteiger charge is -2.12. The Morgan fingerprint density at radius 1 is 1.40 bits per heavy atom. The van der Waals surface area contributed by atoms with Crippen LogP contribution in [0.5, 0.6) is 0 Å². The van der Waals surface area contributed by atoms with E-state index < -0.39 is 30.2 Å². The van der Waals surface area contributed by atoms with Crippen LogP contribution >= 0.6 is 0 Å². The van der Waals surface area contributed by atoms with Crippen LogP contribution in [0.1, 0.15) is 34.2 Å². The van der Waals surface area contributed by atoms with Crippen LogP contribution in [0.15, 0.2) is 12.3 Å². The van der Waals surface area contributed by atoms with Gasteiger partial charge in [0.15, 0.2) is 5.78 Å². The molecule has 1 atom stereocenters. The standard InChI is InChI=1S/C12H15N3O5/c1-6(16)7-3-9(15(2)5-7)11(18)14-8(12(19)20)4-10(13)17/h3,5,8H,4H2,1-2H3,(H2,13,17)(H,14,18)(H,19,20)/t8-/m0/s1. The molecule has 0 aromatic carbocycles. The molecule has 0 saturated heterocycles. The number of carbonyl (C=O) groups excluding carboxylic acids is 3. The van der Waals surface area contributed by atoms with Gasteiger partial charge in [0.2, 0.25) is 5.91 Å². The molecular weight excluding hydrogens is 266 g/mol. The number of Topliss-reactive ketones (excluding diaryl/α,β-unsaturated/α-hetero) is 1. The predicted octanol–water partition coefficient (Wildman–Crippen LogP) is -0.714. The summed E-state index contributed by atoms with van der Waals surface area (Å²) in [4.78, 5) is 44.8. The Bertz CT molecular complexity index is 576. The highest BCUT2D eigenvalue weighted by atomic mass is 16.4. The van der Waals surface area contributed by atoms with Crippen molar-refractivity contribution in [1.82, 2.24) is 9.88 Å². The molecule has 108 valence electrons. The maximum Gasteiger partial charge on any atom is 0.326 e. The number of ketones is 1. The summed E-state index contributed by atoms with van der Waals surface area (Å²) in [6.07, 6.45) is 0.951. The fourth-order valence-corrected chi connectivity index (χ4v) is 1.62. The van der Waals surface area contributed by atoms with Gasteiger partial charge in [-0.3, -0.25) is 14.4 Å². The summed E-state index contributed by atoms with van der Waals surface area (Å²) in [5, 5.41) is 11.1. The van der Waals surface area contributed by atoms with Crippen molar-refractivity contribution in [3.63, 3.8) is 0 Å². The number of nitrogens with one attached hydrogen (secondary N) is 1. The fraction of sp³-hybridized carbons (Fsp3) is 0.333. The molecular formula is C12H15N3O5. The highest BCUT2D eigenvalue weighted by molar-refractivity contribution is 6.00. The lowest BCUT2D eigenvalue weighted by Crippen LogP contribution is -2.43. The van der Waals surface area contributed by atoms with Gasteiger partial charge in [0.25, 0.3) is 5.91 Å². The van der Waals surface area contributed by atoms with E-state index in [1.54, 1.807) is 7.05 Å². The highest BCUT2D eigenvalue weighted by Crippen LogP contribution is 2.08. The Balaban J connectivity index is 2.91. The number of carboxylic acid groups (broad SMARTS) is 1. The van der Waals surface area contributed by atoms with Crippen LogP contribution < -0.4 is 11.1 Å². The van der Waals surface area contributed by atoms with Crippen molar-refractivity contribution in [3.8, 4) is 0 Å². The Hall–Kier alpha value is -2.64. The molecule has 0 radical (unpaired) electrons. The molecule has 0 saturated carbocycles. The van der Waals surface area contributed by atoms with Gasteiger partial charge in [0.05, 0.1) is 6.42 Å². The van der Waals surface area contributed by atoms with E-state index in [0.717, 1.165) is 0 Å². The van der Waals surface area contributed by atoms with E-state index in [0.29, 0.717) is 5.56 Å². The van der Waals surface area contributed by atoms with Gasteiger partial charge in [-0.15, -0.1) is 0 Å². The van der Waals surface area contributed by atoms with Crippen molar-refractivity contribution in [3.05, 3.63) is 23.5 Å². The van der Waals surface area contributed by atoms with Crippen molar-refractivity contribution >= 4 is 23.6 Å². The Labute approximate surface area is 114 Å². The zero-order valence-electron chi connectivity index (χ0n) is 11.0. The number of nitrogens with two attached hydrogens (primary N) is 1. The molecule has 1 heterocycles. The molecule has 8 nitrogen and oxygen atoms in total. The number of primary amides is 1. The molecule has 1 aromatic rings. The molecule has 0 fully saturated rings. The summed E-state index contributed by atoms with van der Waals surface area (Å²) in [5.74, 6) is -3.12. The van der Waals surface area contributed by atoms with E-state index in [9.17, 15) is 19.2 Å². The first kappa shape index (κ1) is 15.4. The number of aromatic nitrogens is 1. The van der Waals surface area contributed by atoms with Gasteiger partial charge in [-0.25, -0.2) is 4.79 Å². The van der Waals surface area contributed by atoms with Crippen molar-refractivity contribution in [2.24, 2.45) is 12.8 Å². The summed E-state index contributed by atoms with van der Waals surface area (Å²) in [6, 6.07) is -0.0587. The summed E-state index contributed by atoms with van der Waals surface area (Å²) in [7, 11) is 1.55. The lowest BCUT2D eigenvalue weighted by atomic mass is 10.2. The summed E-state index contributed by atoms with van der Waals surface area (Å²) < 4.78 is 1.40. The Morgan fingerprint density at radius 3 is 2.40 bits per heavy atom.